The van der Waals surface area contributed by atoms with Crippen LogP contribution in [0.2, 0.25) is 0 Å². The zero-order chi connectivity index (χ0) is 17.7. The van der Waals surface area contributed by atoms with Crippen molar-refractivity contribution in [1.29, 1.82) is 5.26 Å². The Kier molecular flexibility index (Phi) is 6.84. The third kappa shape index (κ3) is 7.19. The van der Waals surface area contributed by atoms with E-state index in [9.17, 15) is 4.79 Å². The minimum atomic E-state index is -0.499. The molecule has 132 valence electrons. The molecule has 2 unspecified atom stereocenters. The zero-order valence-corrected chi connectivity index (χ0v) is 15.3. The van der Waals surface area contributed by atoms with Crippen molar-refractivity contribution in [3.63, 3.8) is 0 Å². The molecule has 1 aliphatic heterocycles. The van der Waals surface area contributed by atoms with Gasteiger partial charge in [0.15, 0.2) is 0 Å². The molecule has 0 radical (unpaired) electrons. The van der Waals surface area contributed by atoms with Crippen LogP contribution in [0.3, 0.4) is 0 Å². The normalized spacial score (nSPS) is 20.7. The van der Waals surface area contributed by atoms with E-state index in [4.69, 9.17) is 14.7 Å². The molecular weight excluding hydrogens is 294 g/mol. The lowest BCUT2D eigenvalue weighted by Crippen LogP contribution is -2.52. The summed E-state index contributed by atoms with van der Waals surface area (Å²) in [5.41, 5.74) is -0.900. The number of hydrogen-bond donors (Lipinski definition) is 1. The van der Waals surface area contributed by atoms with Crippen molar-refractivity contribution in [2.75, 3.05) is 26.3 Å². The number of nitriles is 1. The minimum Gasteiger partial charge on any atom is -0.444 e. The molecule has 0 aliphatic carbocycles. The lowest BCUT2D eigenvalue weighted by atomic mass is 9.95. The number of morpholine rings is 1. The molecule has 1 aliphatic rings. The first-order valence-electron chi connectivity index (χ1n) is 8.26. The van der Waals surface area contributed by atoms with Crippen LogP contribution >= 0.6 is 0 Å². The number of ether oxygens (including phenoxy) is 2. The van der Waals surface area contributed by atoms with Gasteiger partial charge in [-0.15, -0.1) is 0 Å². The molecule has 1 amide bonds. The Bertz CT molecular complexity index is 437. The van der Waals surface area contributed by atoms with Gasteiger partial charge in [-0.25, -0.2) is 4.79 Å². The first kappa shape index (κ1) is 19.7. The van der Waals surface area contributed by atoms with E-state index in [0.29, 0.717) is 26.3 Å². The minimum absolute atomic E-state index is 0.00806. The summed E-state index contributed by atoms with van der Waals surface area (Å²) in [4.78, 5) is 14.1. The molecule has 0 aromatic heterocycles. The molecule has 0 saturated carbocycles. The van der Waals surface area contributed by atoms with Gasteiger partial charge < -0.3 is 19.7 Å². The SMILES string of the molecule is CC(CC1COCCN1C(=O)OC(C)(C)C)NCC(C)(C)C#N. The fourth-order valence-electron chi connectivity index (χ4n) is 2.37. The van der Waals surface area contributed by atoms with Crippen LogP contribution in [0.5, 0.6) is 0 Å². The molecule has 1 N–H and O–H groups in total. The van der Waals surface area contributed by atoms with Gasteiger partial charge in [0.25, 0.3) is 0 Å². The fraction of sp³-hybridized carbons (Fsp3) is 0.882. The Labute approximate surface area is 140 Å². The van der Waals surface area contributed by atoms with Crippen molar-refractivity contribution in [3.8, 4) is 6.07 Å². The van der Waals surface area contributed by atoms with E-state index in [1.165, 1.54) is 0 Å². The zero-order valence-electron chi connectivity index (χ0n) is 15.3. The molecular formula is C17H31N3O3. The predicted octanol–water partition coefficient (Wildman–Crippen LogP) is 2.54. The van der Waals surface area contributed by atoms with Gasteiger partial charge >= 0.3 is 6.09 Å². The smallest absolute Gasteiger partial charge is 0.410 e. The van der Waals surface area contributed by atoms with E-state index in [2.05, 4.69) is 18.3 Å². The molecule has 0 spiro atoms. The highest BCUT2D eigenvalue weighted by atomic mass is 16.6. The van der Waals surface area contributed by atoms with Crippen LogP contribution in [0.1, 0.15) is 48.0 Å². The fourth-order valence-corrected chi connectivity index (χ4v) is 2.37. The van der Waals surface area contributed by atoms with Gasteiger partial charge in [0.2, 0.25) is 0 Å². The van der Waals surface area contributed by atoms with Crippen LogP contribution in [-0.4, -0.2) is 55.0 Å². The molecule has 1 heterocycles. The molecule has 6 heteroatoms. The van der Waals surface area contributed by atoms with Crippen LogP contribution in [0, 0.1) is 16.7 Å². The molecule has 0 aromatic rings. The topological polar surface area (TPSA) is 74.6 Å². The van der Waals surface area contributed by atoms with Crippen LogP contribution in [0.15, 0.2) is 0 Å². The Morgan fingerprint density at radius 3 is 2.65 bits per heavy atom. The lowest BCUT2D eigenvalue weighted by molar-refractivity contribution is -0.0356. The van der Waals surface area contributed by atoms with Crippen molar-refractivity contribution in [2.24, 2.45) is 5.41 Å². The van der Waals surface area contributed by atoms with E-state index >= 15 is 0 Å². The van der Waals surface area contributed by atoms with Gasteiger partial charge in [0, 0.05) is 19.1 Å². The van der Waals surface area contributed by atoms with E-state index in [-0.39, 0.29) is 18.2 Å². The number of carbonyl (C=O) groups excluding carboxylic acids is 1. The van der Waals surface area contributed by atoms with Crippen molar-refractivity contribution >= 4 is 6.09 Å². The summed E-state index contributed by atoms with van der Waals surface area (Å²) in [6, 6.07) is 2.45. The standard InChI is InChI=1S/C17H31N3O3/c1-13(19-12-17(5,6)11-18)9-14-10-22-8-7-20(14)15(21)23-16(2,3)4/h13-14,19H,7-10,12H2,1-6H3. The second-order valence-corrected chi connectivity index (χ2v) is 7.92. The third-order valence-corrected chi connectivity index (χ3v) is 3.68. The number of nitrogens with one attached hydrogen (secondary N) is 1. The number of carbonyl (C=O) groups is 1. The molecule has 0 aromatic carbocycles. The van der Waals surface area contributed by atoms with Crippen molar-refractivity contribution in [3.05, 3.63) is 0 Å². The monoisotopic (exact) mass is 325 g/mol. The predicted molar refractivity (Wildman–Crippen MR) is 89.0 cm³/mol. The lowest BCUT2D eigenvalue weighted by Gasteiger charge is -2.38. The quantitative estimate of drug-likeness (QED) is 0.841. The van der Waals surface area contributed by atoms with Crippen LogP contribution < -0.4 is 5.32 Å². The highest BCUT2D eigenvalue weighted by molar-refractivity contribution is 5.68. The van der Waals surface area contributed by atoms with Gasteiger partial charge in [0.1, 0.15) is 5.60 Å². The number of hydrogen-bond acceptors (Lipinski definition) is 5. The molecule has 1 fully saturated rings. The van der Waals surface area contributed by atoms with Crippen LogP contribution in [0.25, 0.3) is 0 Å². The van der Waals surface area contributed by atoms with E-state index in [1.54, 1.807) is 4.90 Å². The molecule has 23 heavy (non-hydrogen) atoms. The second-order valence-electron chi connectivity index (χ2n) is 7.92. The van der Waals surface area contributed by atoms with Crippen LogP contribution in [0.4, 0.5) is 4.79 Å². The molecule has 1 saturated heterocycles. The first-order chi connectivity index (χ1) is 10.5. The average Bonchev–Trinajstić information content (AvgIpc) is 2.44. The maximum Gasteiger partial charge on any atom is 0.410 e. The molecule has 2 atom stereocenters. The van der Waals surface area contributed by atoms with E-state index < -0.39 is 11.0 Å². The van der Waals surface area contributed by atoms with Crippen LogP contribution in [-0.2, 0) is 9.47 Å². The van der Waals surface area contributed by atoms with Crippen molar-refractivity contribution in [1.82, 2.24) is 10.2 Å². The average molecular weight is 325 g/mol. The summed E-state index contributed by atoms with van der Waals surface area (Å²) in [6.07, 6.45) is 0.483. The summed E-state index contributed by atoms with van der Waals surface area (Å²) in [5, 5.41) is 12.4. The molecule has 0 bridgehead atoms. The highest BCUT2D eigenvalue weighted by Crippen LogP contribution is 2.18. The van der Waals surface area contributed by atoms with Gasteiger partial charge in [-0.1, -0.05) is 0 Å². The summed E-state index contributed by atoms with van der Waals surface area (Å²) in [5.74, 6) is 0. The Balaban J connectivity index is 2.58. The largest absolute Gasteiger partial charge is 0.444 e. The summed E-state index contributed by atoms with van der Waals surface area (Å²) in [7, 11) is 0. The first-order valence-corrected chi connectivity index (χ1v) is 8.26. The highest BCUT2D eigenvalue weighted by Gasteiger charge is 2.32. The van der Waals surface area contributed by atoms with Gasteiger partial charge in [0.05, 0.1) is 30.7 Å². The summed E-state index contributed by atoms with van der Waals surface area (Å²) < 4.78 is 11.0. The molecule has 6 nitrogen and oxygen atoms in total. The Morgan fingerprint density at radius 1 is 1.43 bits per heavy atom. The summed E-state index contributed by atoms with van der Waals surface area (Å²) >= 11 is 0. The van der Waals surface area contributed by atoms with Gasteiger partial charge in [-0.05, 0) is 48.0 Å². The Morgan fingerprint density at radius 2 is 2.09 bits per heavy atom. The second kappa shape index (κ2) is 7.98. The number of nitrogens with zero attached hydrogens (tertiary/aromatic N) is 2. The van der Waals surface area contributed by atoms with Crippen molar-refractivity contribution in [2.45, 2.75) is 65.6 Å². The van der Waals surface area contributed by atoms with Gasteiger partial charge in [-0.2, -0.15) is 5.26 Å². The molecule has 1 rings (SSSR count). The van der Waals surface area contributed by atoms with E-state index in [1.807, 2.05) is 34.6 Å². The summed E-state index contributed by atoms with van der Waals surface area (Å²) in [6.45, 7) is 13.7. The maximum atomic E-state index is 12.4. The Hall–Kier alpha value is -1.32. The third-order valence-electron chi connectivity index (χ3n) is 3.68. The number of amides is 1. The van der Waals surface area contributed by atoms with Gasteiger partial charge in [-0.3, -0.25) is 0 Å². The van der Waals surface area contributed by atoms with E-state index in [0.717, 1.165) is 6.42 Å². The number of rotatable bonds is 5. The maximum absolute atomic E-state index is 12.4. The van der Waals surface area contributed by atoms with Crippen molar-refractivity contribution < 1.29 is 14.3 Å².